The summed E-state index contributed by atoms with van der Waals surface area (Å²) in [5.74, 6) is 0.483. The van der Waals surface area contributed by atoms with E-state index in [1.807, 2.05) is 55.5 Å². The maximum atomic E-state index is 9.40. The van der Waals surface area contributed by atoms with Crippen LogP contribution in [-0.4, -0.2) is 6.61 Å². The predicted octanol–water partition coefficient (Wildman–Crippen LogP) is 3.32. The van der Waals surface area contributed by atoms with Crippen molar-refractivity contribution in [1.82, 2.24) is 0 Å². The van der Waals surface area contributed by atoms with Gasteiger partial charge in [0.05, 0.1) is 18.6 Å². The van der Waals surface area contributed by atoms with E-state index >= 15 is 0 Å². The van der Waals surface area contributed by atoms with E-state index in [2.05, 4.69) is 6.07 Å². The Bertz CT molecular complexity index is 584. The fourth-order valence-corrected chi connectivity index (χ4v) is 1.98. The summed E-state index contributed by atoms with van der Waals surface area (Å²) in [5, 5.41) is 9.40. The lowest BCUT2D eigenvalue weighted by molar-refractivity contribution is 0.340. The van der Waals surface area contributed by atoms with Crippen molar-refractivity contribution in [2.24, 2.45) is 0 Å². The molecule has 2 aromatic carbocycles. The van der Waals surface area contributed by atoms with Crippen LogP contribution in [0.4, 0.5) is 5.69 Å². The second kappa shape index (κ2) is 5.92. The minimum atomic E-state index is -0.305. The number of nitrogens with two attached hydrogens (primary N) is 1. The molecule has 0 radical (unpaired) electrons. The van der Waals surface area contributed by atoms with E-state index in [0.29, 0.717) is 12.3 Å². The fourth-order valence-electron chi connectivity index (χ4n) is 1.98. The van der Waals surface area contributed by atoms with Gasteiger partial charge in [-0.2, -0.15) is 5.26 Å². The van der Waals surface area contributed by atoms with E-state index in [9.17, 15) is 5.26 Å². The average molecular weight is 252 g/mol. The van der Waals surface area contributed by atoms with Gasteiger partial charge in [0.2, 0.25) is 0 Å². The molecule has 1 atom stereocenters. The van der Waals surface area contributed by atoms with Crippen LogP contribution in [0, 0.1) is 11.3 Å². The van der Waals surface area contributed by atoms with Gasteiger partial charge in [-0.3, -0.25) is 0 Å². The van der Waals surface area contributed by atoms with Gasteiger partial charge in [-0.05, 0) is 42.3 Å². The number of hydrogen-bond acceptors (Lipinski definition) is 3. The number of nitrogens with zero attached hydrogens (tertiary/aromatic N) is 1. The molecule has 0 aliphatic carbocycles. The Kier molecular flexibility index (Phi) is 4.04. The molecule has 96 valence electrons. The second-order valence-corrected chi connectivity index (χ2v) is 4.23. The van der Waals surface area contributed by atoms with Crippen molar-refractivity contribution in [2.45, 2.75) is 12.8 Å². The van der Waals surface area contributed by atoms with Crippen molar-refractivity contribution in [3.63, 3.8) is 0 Å². The first kappa shape index (κ1) is 13.0. The van der Waals surface area contributed by atoms with Gasteiger partial charge in [0, 0.05) is 5.69 Å². The van der Waals surface area contributed by atoms with Crippen molar-refractivity contribution in [3.05, 3.63) is 59.7 Å². The molecule has 2 rings (SSSR count). The summed E-state index contributed by atoms with van der Waals surface area (Å²) in [6.45, 7) is 2.55. The Morgan fingerprint density at radius 3 is 2.53 bits per heavy atom. The number of nitrogen functional groups attached to an aromatic ring is 1. The van der Waals surface area contributed by atoms with Crippen molar-refractivity contribution in [2.75, 3.05) is 12.3 Å². The molecule has 0 fully saturated rings. The summed E-state index contributed by atoms with van der Waals surface area (Å²) >= 11 is 0. The molecule has 3 heteroatoms. The van der Waals surface area contributed by atoms with Gasteiger partial charge < -0.3 is 10.5 Å². The number of hydrogen-bond donors (Lipinski definition) is 1. The minimum absolute atomic E-state index is 0.305. The van der Waals surface area contributed by atoms with Crippen LogP contribution in [0.1, 0.15) is 24.0 Å². The smallest absolute Gasteiger partial charge is 0.119 e. The summed E-state index contributed by atoms with van der Waals surface area (Å²) in [6, 6.07) is 17.4. The lowest BCUT2D eigenvalue weighted by Crippen LogP contribution is -2.00. The molecule has 0 bridgehead atoms. The Morgan fingerprint density at radius 2 is 1.89 bits per heavy atom. The first-order chi connectivity index (χ1) is 9.24. The highest BCUT2D eigenvalue weighted by atomic mass is 16.5. The monoisotopic (exact) mass is 252 g/mol. The van der Waals surface area contributed by atoms with Crippen molar-refractivity contribution < 1.29 is 4.74 Å². The lowest BCUT2D eigenvalue weighted by atomic mass is 9.92. The second-order valence-electron chi connectivity index (χ2n) is 4.23. The molecule has 1 unspecified atom stereocenters. The first-order valence-corrected chi connectivity index (χ1v) is 6.22. The molecule has 19 heavy (non-hydrogen) atoms. The summed E-state index contributed by atoms with van der Waals surface area (Å²) < 4.78 is 5.47. The van der Waals surface area contributed by atoms with Gasteiger partial charge in [-0.1, -0.05) is 24.3 Å². The molecular formula is C16H16N2O. The number of rotatable bonds is 4. The standard InChI is InChI=1S/C16H16N2O/c1-2-19-15-5-3-4-13(10-15)16(11-17)12-6-8-14(18)9-7-12/h3-10,16H,2,18H2,1H3. The van der Waals surface area contributed by atoms with E-state index in [-0.39, 0.29) is 5.92 Å². The van der Waals surface area contributed by atoms with Crippen LogP contribution in [0.15, 0.2) is 48.5 Å². The van der Waals surface area contributed by atoms with Gasteiger partial charge in [0.15, 0.2) is 0 Å². The van der Waals surface area contributed by atoms with Gasteiger partial charge in [0.1, 0.15) is 5.75 Å². The van der Waals surface area contributed by atoms with Crippen molar-refractivity contribution in [3.8, 4) is 11.8 Å². The van der Waals surface area contributed by atoms with Crippen LogP contribution in [-0.2, 0) is 0 Å². The molecule has 0 aliphatic rings. The zero-order valence-corrected chi connectivity index (χ0v) is 10.8. The molecular weight excluding hydrogens is 236 g/mol. The molecule has 0 heterocycles. The Balaban J connectivity index is 2.34. The quantitative estimate of drug-likeness (QED) is 0.849. The molecule has 0 amide bonds. The SMILES string of the molecule is CCOc1cccc(C(C#N)c2ccc(N)cc2)c1. The van der Waals surface area contributed by atoms with Crippen molar-refractivity contribution >= 4 is 5.69 Å². The van der Waals surface area contributed by atoms with Gasteiger partial charge in [-0.15, -0.1) is 0 Å². The first-order valence-electron chi connectivity index (χ1n) is 6.22. The Labute approximate surface area is 113 Å². The highest BCUT2D eigenvalue weighted by Crippen LogP contribution is 2.27. The number of nitriles is 1. The van der Waals surface area contributed by atoms with Gasteiger partial charge >= 0.3 is 0 Å². The van der Waals surface area contributed by atoms with E-state index in [0.717, 1.165) is 16.9 Å². The summed E-state index contributed by atoms with van der Waals surface area (Å²) in [5.41, 5.74) is 8.23. The average Bonchev–Trinajstić information content (AvgIpc) is 2.43. The van der Waals surface area contributed by atoms with Crippen LogP contribution in [0.25, 0.3) is 0 Å². The zero-order valence-electron chi connectivity index (χ0n) is 10.8. The van der Waals surface area contributed by atoms with Crippen molar-refractivity contribution in [1.29, 1.82) is 5.26 Å². The highest BCUT2D eigenvalue weighted by Gasteiger charge is 2.13. The molecule has 0 aromatic heterocycles. The number of ether oxygens (including phenoxy) is 1. The normalized spacial score (nSPS) is 11.6. The molecule has 2 aromatic rings. The fraction of sp³-hybridized carbons (Fsp3) is 0.188. The molecule has 0 saturated carbocycles. The molecule has 2 N–H and O–H groups in total. The topological polar surface area (TPSA) is 59.0 Å². The third-order valence-corrected chi connectivity index (χ3v) is 2.90. The van der Waals surface area contributed by atoms with E-state index in [4.69, 9.17) is 10.5 Å². The van der Waals surface area contributed by atoms with Gasteiger partial charge in [-0.25, -0.2) is 0 Å². The third-order valence-electron chi connectivity index (χ3n) is 2.90. The maximum absolute atomic E-state index is 9.40. The van der Waals surface area contributed by atoms with Crippen LogP contribution in [0.2, 0.25) is 0 Å². The number of benzene rings is 2. The van der Waals surface area contributed by atoms with Gasteiger partial charge in [0.25, 0.3) is 0 Å². The molecule has 0 saturated heterocycles. The Hall–Kier alpha value is -2.47. The largest absolute Gasteiger partial charge is 0.494 e. The summed E-state index contributed by atoms with van der Waals surface area (Å²) in [6.07, 6.45) is 0. The maximum Gasteiger partial charge on any atom is 0.119 e. The third kappa shape index (κ3) is 3.05. The summed E-state index contributed by atoms with van der Waals surface area (Å²) in [7, 11) is 0. The molecule has 0 spiro atoms. The Morgan fingerprint density at radius 1 is 1.16 bits per heavy atom. The van der Waals surface area contributed by atoms with E-state index in [1.165, 1.54) is 0 Å². The zero-order chi connectivity index (χ0) is 13.7. The van der Waals surface area contributed by atoms with Crippen LogP contribution in [0.3, 0.4) is 0 Å². The highest BCUT2D eigenvalue weighted by molar-refractivity contribution is 5.46. The minimum Gasteiger partial charge on any atom is -0.494 e. The lowest BCUT2D eigenvalue weighted by Gasteiger charge is -2.12. The summed E-state index contributed by atoms with van der Waals surface area (Å²) in [4.78, 5) is 0. The molecule has 0 aliphatic heterocycles. The van der Waals surface area contributed by atoms with Crippen LogP contribution >= 0.6 is 0 Å². The van der Waals surface area contributed by atoms with E-state index < -0.39 is 0 Å². The number of anilines is 1. The van der Waals surface area contributed by atoms with Crippen LogP contribution < -0.4 is 10.5 Å². The molecule has 3 nitrogen and oxygen atoms in total. The van der Waals surface area contributed by atoms with Crippen LogP contribution in [0.5, 0.6) is 5.75 Å². The predicted molar refractivity (Wildman–Crippen MR) is 75.9 cm³/mol. The van der Waals surface area contributed by atoms with E-state index in [1.54, 1.807) is 0 Å².